The van der Waals surface area contributed by atoms with Crippen LogP contribution in [-0.4, -0.2) is 27.1 Å². The Morgan fingerprint density at radius 3 is 2.23 bits per heavy atom. The van der Waals surface area contributed by atoms with Gasteiger partial charge in [-0.15, -0.1) is 0 Å². The predicted octanol–water partition coefficient (Wildman–Crippen LogP) is 5.04. The molecule has 1 aliphatic heterocycles. The maximum atomic E-state index is 12.4. The third-order valence-corrected chi connectivity index (χ3v) is 5.73. The topological polar surface area (TPSA) is 66.5 Å². The number of benzene rings is 2. The van der Waals surface area contributed by atoms with E-state index in [1.165, 1.54) is 5.56 Å². The highest BCUT2D eigenvalue weighted by atomic mass is 32.2. The number of nitrogens with one attached hydrogen (secondary N) is 1. The van der Waals surface area contributed by atoms with Crippen molar-refractivity contribution in [3.63, 3.8) is 0 Å². The number of rotatable bonds is 5. The third kappa shape index (κ3) is 5.95. The molecular formula is C24H30N2O3S. The normalized spacial score (nSPS) is 15.6. The van der Waals surface area contributed by atoms with Crippen LogP contribution in [0.4, 0.5) is 11.4 Å². The molecule has 0 aromatic heterocycles. The van der Waals surface area contributed by atoms with E-state index in [9.17, 15) is 13.2 Å². The predicted molar refractivity (Wildman–Crippen MR) is 125 cm³/mol. The zero-order chi connectivity index (χ0) is 21.9. The second kappa shape index (κ2) is 8.64. The van der Waals surface area contributed by atoms with Crippen molar-refractivity contribution >= 4 is 39.5 Å². The van der Waals surface area contributed by atoms with Crippen molar-refractivity contribution in [2.24, 2.45) is 0 Å². The standard InChI is InChI=1S/C24H30N2O3S/c1-24(2,3)20-15-19(16-22(17-20)26-14-6-5-7-23(26)27)9-8-18-10-12-21(13-11-18)25-30(4,28)29/h8-13,15-17,25H,5-7,14H2,1-4H3/b9-8+. The number of amides is 1. The smallest absolute Gasteiger partial charge is 0.229 e. The van der Waals surface area contributed by atoms with Gasteiger partial charge in [0, 0.05) is 24.3 Å². The molecule has 0 radical (unpaired) electrons. The number of carbonyl (C=O) groups is 1. The summed E-state index contributed by atoms with van der Waals surface area (Å²) < 4.78 is 25.1. The molecule has 0 bridgehead atoms. The summed E-state index contributed by atoms with van der Waals surface area (Å²) in [5, 5.41) is 0. The minimum Gasteiger partial charge on any atom is -0.312 e. The first-order valence-corrected chi connectivity index (χ1v) is 12.1. The quantitative estimate of drug-likeness (QED) is 0.681. The van der Waals surface area contributed by atoms with E-state index in [0.717, 1.165) is 42.5 Å². The van der Waals surface area contributed by atoms with Crippen molar-refractivity contribution in [2.45, 2.75) is 45.4 Å². The maximum absolute atomic E-state index is 12.4. The van der Waals surface area contributed by atoms with E-state index < -0.39 is 10.0 Å². The van der Waals surface area contributed by atoms with Gasteiger partial charge < -0.3 is 4.90 Å². The van der Waals surface area contributed by atoms with Crippen LogP contribution in [-0.2, 0) is 20.2 Å². The zero-order valence-electron chi connectivity index (χ0n) is 18.1. The SMILES string of the molecule is CC(C)(C)c1cc(/C=C/c2ccc(NS(C)(=O)=O)cc2)cc(N2CCCCC2=O)c1. The molecule has 0 spiro atoms. The summed E-state index contributed by atoms with van der Waals surface area (Å²) in [6, 6.07) is 13.6. The Kier molecular flexibility index (Phi) is 6.36. The van der Waals surface area contributed by atoms with Gasteiger partial charge in [-0.1, -0.05) is 51.1 Å². The van der Waals surface area contributed by atoms with Crippen LogP contribution < -0.4 is 9.62 Å². The molecule has 160 valence electrons. The Morgan fingerprint density at radius 2 is 1.63 bits per heavy atom. The lowest BCUT2D eigenvalue weighted by molar-refractivity contribution is -0.119. The second-order valence-corrected chi connectivity index (χ2v) is 10.6. The Hall–Kier alpha value is -2.60. The fraction of sp³-hybridized carbons (Fsp3) is 0.375. The van der Waals surface area contributed by atoms with Crippen LogP contribution in [0.3, 0.4) is 0 Å². The molecule has 1 heterocycles. The monoisotopic (exact) mass is 426 g/mol. The number of hydrogen-bond acceptors (Lipinski definition) is 3. The minimum absolute atomic E-state index is 0.0314. The Labute approximate surface area is 179 Å². The van der Waals surface area contributed by atoms with Gasteiger partial charge >= 0.3 is 0 Å². The molecule has 1 amide bonds. The van der Waals surface area contributed by atoms with Crippen molar-refractivity contribution in [2.75, 3.05) is 22.4 Å². The average molecular weight is 427 g/mol. The molecule has 5 nitrogen and oxygen atoms in total. The number of sulfonamides is 1. The Bertz CT molecular complexity index is 1050. The molecule has 2 aromatic carbocycles. The molecule has 6 heteroatoms. The number of piperidine rings is 1. The van der Waals surface area contributed by atoms with E-state index in [-0.39, 0.29) is 11.3 Å². The maximum Gasteiger partial charge on any atom is 0.229 e. The minimum atomic E-state index is -3.28. The molecular weight excluding hydrogens is 396 g/mol. The highest BCUT2D eigenvalue weighted by Gasteiger charge is 2.22. The molecule has 2 aromatic rings. The van der Waals surface area contributed by atoms with Gasteiger partial charge in [0.1, 0.15) is 0 Å². The summed E-state index contributed by atoms with van der Waals surface area (Å²) in [5.41, 5.74) is 4.65. The van der Waals surface area contributed by atoms with Crippen LogP contribution in [0.1, 0.15) is 56.7 Å². The van der Waals surface area contributed by atoms with E-state index in [4.69, 9.17) is 0 Å². The van der Waals surface area contributed by atoms with Crippen LogP contribution in [0.5, 0.6) is 0 Å². The first-order valence-electron chi connectivity index (χ1n) is 10.2. The zero-order valence-corrected chi connectivity index (χ0v) is 18.9. The lowest BCUT2D eigenvalue weighted by Crippen LogP contribution is -2.35. The number of carbonyl (C=O) groups excluding carboxylic acids is 1. The second-order valence-electron chi connectivity index (χ2n) is 8.90. The van der Waals surface area contributed by atoms with Crippen molar-refractivity contribution in [3.8, 4) is 0 Å². The van der Waals surface area contributed by atoms with Crippen LogP contribution >= 0.6 is 0 Å². The first kappa shape index (κ1) is 22.1. The number of hydrogen-bond donors (Lipinski definition) is 1. The summed E-state index contributed by atoms with van der Waals surface area (Å²) in [6.07, 6.45) is 7.77. The number of anilines is 2. The van der Waals surface area contributed by atoms with Gasteiger partial charge in [-0.3, -0.25) is 9.52 Å². The fourth-order valence-corrected chi connectivity index (χ4v) is 4.03. The van der Waals surface area contributed by atoms with Crippen molar-refractivity contribution in [3.05, 3.63) is 59.2 Å². The largest absolute Gasteiger partial charge is 0.312 e. The summed E-state index contributed by atoms with van der Waals surface area (Å²) in [4.78, 5) is 14.3. The van der Waals surface area contributed by atoms with Gasteiger partial charge in [-0.25, -0.2) is 8.42 Å². The van der Waals surface area contributed by atoms with Crippen LogP contribution in [0.2, 0.25) is 0 Å². The molecule has 1 fully saturated rings. The molecule has 30 heavy (non-hydrogen) atoms. The van der Waals surface area contributed by atoms with Gasteiger partial charge in [0.05, 0.1) is 6.26 Å². The lowest BCUT2D eigenvalue weighted by Gasteiger charge is -2.29. The van der Waals surface area contributed by atoms with E-state index in [2.05, 4.69) is 43.7 Å². The van der Waals surface area contributed by atoms with Gasteiger partial charge in [-0.2, -0.15) is 0 Å². The molecule has 1 N–H and O–H groups in total. The summed E-state index contributed by atoms with van der Waals surface area (Å²) in [5.74, 6) is 0.191. The Balaban J connectivity index is 1.89. The Morgan fingerprint density at radius 1 is 0.967 bits per heavy atom. The van der Waals surface area contributed by atoms with Crippen molar-refractivity contribution in [1.29, 1.82) is 0 Å². The highest BCUT2D eigenvalue weighted by molar-refractivity contribution is 7.92. The van der Waals surface area contributed by atoms with Gasteiger partial charge in [0.2, 0.25) is 15.9 Å². The highest BCUT2D eigenvalue weighted by Crippen LogP contribution is 2.31. The summed E-state index contributed by atoms with van der Waals surface area (Å²) in [7, 11) is -3.28. The lowest BCUT2D eigenvalue weighted by atomic mass is 9.85. The molecule has 0 unspecified atom stereocenters. The summed E-state index contributed by atoms with van der Waals surface area (Å²) in [6.45, 7) is 7.28. The van der Waals surface area contributed by atoms with E-state index in [0.29, 0.717) is 12.1 Å². The molecule has 1 saturated heterocycles. The van der Waals surface area contributed by atoms with E-state index >= 15 is 0 Å². The third-order valence-electron chi connectivity index (χ3n) is 5.12. The van der Waals surface area contributed by atoms with Crippen LogP contribution in [0.25, 0.3) is 12.2 Å². The van der Waals surface area contributed by atoms with E-state index in [1.54, 1.807) is 12.1 Å². The molecule has 0 atom stereocenters. The van der Waals surface area contributed by atoms with Crippen LogP contribution in [0.15, 0.2) is 42.5 Å². The van der Waals surface area contributed by atoms with Gasteiger partial charge in [0.15, 0.2) is 0 Å². The van der Waals surface area contributed by atoms with E-state index in [1.807, 2.05) is 29.2 Å². The molecule has 1 aliphatic rings. The average Bonchev–Trinajstić information content (AvgIpc) is 2.66. The molecule has 3 rings (SSSR count). The fourth-order valence-electron chi connectivity index (χ4n) is 3.47. The van der Waals surface area contributed by atoms with Crippen molar-refractivity contribution < 1.29 is 13.2 Å². The molecule has 0 aliphatic carbocycles. The summed E-state index contributed by atoms with van der Waals surface area (Å²) >= 11 is 0. The van der Waals surface area contributed by atoms with Gasteiger partial charge in [-0.05, 0) is 59.2 Å². The van der Waals surface area contributed by atoms with Gasteiger partial charge in [0.25, 0.3) is 0 Å². The van der Waals surface area contributed by atoms with Crippen LogP contribution in [0, 0.1) is 0 Å². The molecule has 0 saturated carbocycles. The number of nitrogens with zero attached hydrogens (tertiary/aromatic N) is 1. The van der Waals surface area contributed by atoms with Crippen molar-refractivity contribution in [1.82, 2.24) is 0 Å². The first-order chi connectivity index (χ1) is 14.0.